The molecule has 1 aliphatic rings. The molecule has 1 atom stereocenters. The fraction of sp³-hybridized carbons (Fsp3) is 0.152. The Morgan fingerprint density at radius 1 is 0.821 bits per heavy atom. The van der Waals surface area contributed by atoms with Crippen LogP contribution < -0.4 is 19.8 Å². The van der Waals surface area contributed by atoms with E-state index in [0.29, 0.717) is 46.9 Å². The van der Waals surface area contributed by atoms with Crippen LogP contribution in [0.4, 0.5) is 5.69 Å². The van der Waals surface area contributed by atoms with E-state index in [1.165, 1.54) is 0 Å². The van der Waals surface area contributed by atoms with Gasteiger partial charge < -0.3 is 13.9 Å². The number of carbonyl (C=O) groups is 1. The quantitative estimate of drug-likeness (QED) is 0.237. The average Bonchev–Trinajstić information content (AvgIpc) is 3.26. The summed E-state index contributed by atoms with van der Waals surface area (Å²) in [5.41, 5.74) is 3.97. The second-order valence-corrected chi connectivity index (χ2v) is 9.52. The van der Waals surface area contributed by atoms with Crippen molar-refractivity contribution in [2.75, 3.05) is 11.5 Å². The topological polar surface area (TPSA) is 69.0 Å². The first-order chi connectivity index (χ1) is 19.0. The van der Waals surface area contributed by atoms with Crippen LogP contribution in [0.2, 0.25) is 0 Å². The zero-order chi connectivity index (χ0) is 26.9. The van der Waals surface area contributed by atoms with E-state index in [1.807, 2.05) is 105 Å². The summed E-state index contributed by atoms with van der Waals surface area (Å²) >= 11 is 0. The van der Waals surface area contributed by atoms with Gasteiger partial charge in [-0.1, -0.05) is 54.1 Å². The lowest BCUT2D eigenvalue weighted by molar-refractivity contribution is 0.0971. The Labute approximate surface area is 226 Å². The Morgan fingerprint density at radius 2 is 1.51 bits per heavy atom. The Morgan fingerprint density at radius 3 is 2.23 bits per heavy atom. The fourth-order valence-electron chi connectivity index (χ4n) is 5.03. The van der Waals surface area contributed by atoms with Crippen LogP contribution in [-0.4, -0.2) is 12.5 Å². The number of aryl methyl sites for hydroxylation is 1. The SMILES string of the molecule is CCOc1ccc(N2C(=O)c3oc4ccc(C)cc4c(=O)c3C2c2ccc(OCc3ccccc3)cc2)cc1. The van der Waals surface area contributed by atoms with Gasteiger partial charge in [-0.25, -0.2) is 0 Å². The molecule has 5 aromatic rings. The van der Waals surface area contributed by atoms with Gasteiger partial charge in [0.1, 0.15) is 23.7 Å². The van der Waals surface area contributed by atoms with Gasteiger partial charge in [-0.15, -0.1) is 0 Å². The van der Waals surface area contributed by atoms with Gasteiger partial charge in [0.2, 0.25) is 5.76 Å². The highest BCUT2D eigenvalue weighted by atomic mass is 16.5. The number of rotatable bonds is 7. The van der Waals surface area contributed by atoms with E-state index >= 15 is 0 Å². The molecule has 6 nitrogen and oxygen atoms in total. The molecule has 6 heteroatoms. The van der Waals surface area contributed by atoms with Crippen molar-refractivity contribution in [2.24, 2.45) is 0 Å². The largest absolute Gasteiger partial charge is 0.494 e. The van der Waals surface area contributed by atoms with Gasteiger partial charge in [-0.05, 0) is 73.5 Å². The number of carbonyl (C=O) groups excluding carboxylic acids is 1. The molecule has 0 saturated carbocycles. The maximum Gasteiger partial charge on any atom is 0.295 e. The molecule has 39 heavy (non-hydrogen) atoms. The van der Waals surface area contributed by atoms with Crippen LogP contribution in [0.1, 0.15) is 45.8 Å². The molecule has 2 heterocycles. The first-order valence-corrected chi connectivity index (χ1v) is 12.9. The monoisotopic (exact) mass is 517 g/mol. The van der Waals surface area contributed by atoms with E-state index in [2.05, 4.69) is 0 Å². The minimum Gasteiger partial charge on any atom is -0.494 e. The molecule has 1 aliphatic heterocycles. The predicted octanol–water partition coefficient (Wildman–Crippen LogP) is 6.83. The van der Waals surface area contributed by atoms with Crippen molar-refractivity contribution in [3.8, 4) is 11.5 Å². The highest BCUT2D eigenvalue weighted by Gasteiger charge is 2.43. The summed E-state index contributed by atoms with van der Waals surface area (Å²) in [6.45, 7) is 4.83. The minimum atomic E-state index is -0.658. The summed E-state index contributed by atoms with van der Waals surface area (Å²) in [7, 11) is 0. The average molecular weight is 518 g/mol. The summed E-state index contributed by atoms with van der Waals surface area (Å²) in [4.78, 5) is 29.3. The van der Waals surface area contributed by atoms with Crippen molar-refractivity contribution in [3.63, 3.8) is 0 Å². The lowest BCUT2D eigenvalue weighted by atomic mass is 9.97. The molecular formula is C33H27NO5. The number of hydrogen-bond donors (Lipinski definition) is 0. The van der Waals surface area contributed by atoms with Crippen LogP contribution in [0.3, 0.4) is 0 Å². The molecule has 6 rings (SSSR count). The molecule has 0 aliphatic carbocycles. The molecule has 0 spiro atoms. The van der Waals surface area contributed by atoms with E-state index in [-0.39, 0.29) is 17.1 Å². The number of fused-ring (bicyclic) bond motifs is 2. The maximum absolute atomic E-state index is 13.9. The van der Waals surface area contributed by atoms with E-state index in [0.717, 1.165) is 16.7 Å². The molecule has 1 aromatic heterocycles. The molecule has 194 valence electrons. The fourth-order valence-corrected chi connectivity index (χ4v) is 5.03. The molecule has 1 amide bonds. The van der Waals surface area contributed by atoms with Crippen LogP contribution in [-0.2, 0) is 6.61 Å². The van der Waals surface area contributed by atoms with E-state index in [4.69, 9.17) is 13.9 Å². The predicted molar refractivity (Wildman–Crippen MR) is 151 cm³/mol. The first kappa shape index (κ1) is 24.5. The van der Waals surface area contributed by atoms with Crippen molar-refractivity contribution < 1.29 is 18.7 Å². The molecular weight excluding hydrogens is 490 g/mol. The number of nitrogens with zero attached hydrogens (tertiary/aromatic N) is 1. The van der Waals surface area contributed by atoms with E-state index in [9.17, 15) is 9.59 Å². The Bertz CT molecular complexity index is 1710. The van der Waals surface area contributed by atoms with Gasteiger partial charge in [0.25, 0.3) is 5.91 Å². The summed E-state index contributed by atoms with van der Waals surface area (Å²) in [5.74, 6) is 1.11. The summed E-state index contributed by atoms with van der Waals surface area (Å²) in [6, 6.07) is 29.5. The van der Waals surface area contributed by atoms with Gasteiger partial charge in [-0.3, -0.25) is 14.5 Å². The molecule has 0 radical (unpaired) electrons. The van der Waals surface area contributed by atoms with Gasteiger partial charge in [-0.2, -0.15) is 0 Å². The summed E-state index contributed by atoms with van der Waals surface area (Å²) < 4.78 is 17.6. The zero-order valence-electron chi connectivity index (χ0n) is 21.7. The third-order valence-corrected chi connectivity index (χ3v) is 6.90. The van der Waals surface area contributed by atoms with Crippen molar-refractivity contribution in [2.45, 2.75) is 26.5 Å². The lowest BCUT2D eigenvalue weighted by Crippen LogP contribution is -2.29. The minimum absolute atomic E-state index is 0.0691. The standard InChI is InChI=1S/C33H27NO5/c1-3-37-25-16-12-24(13-17-25)34-30(23-10-14-26(15-11-23)38-20-22-7-5-4-6-8-22)29-31(35)27-19-21(2)9-18-28(27)39-32(29)33(34)36/h4-19,30H,3,20H2,1-2H3. The Balaban J connectivity index is 1.43. The smallest absolute Gasteiger partial charge is 0.295 e. The van der Waals surface area contributed by atoms with E-state index < -0.39 is 6.04 Å². The summed E-state index contributed by atoms with van der Waals surface area (Å²) in [5, 5.41) is 0.461. The van der Waals surface area contributed by atoms with Crippen molar-refractivity contribution in [1.82, 2.24) is 0 Å². The van der Waals surface area contributed by atoms with Crippen molar-refractivity contribution in [1.29, 1.82) is 0 Å². The maximum atomic E-state index is 13.9. The number of anilines is 1. The molecule has 0 bridgehead atoms. The number of ether oxygens (including phenoxy) is 2. The normalized spacial score (nSPS) is 14.5. The Hall–Kier alpha value is -4.84. The number of hydrogen-bond acceptors (Lipinski definition) is 5. The highest BCUT2D eigenvalue weighted by Crippen LogP contribution is 2.42. The second kappa shape index (κ2) is 10.1. The van der Waals surface area contributed by atoms with Gasteiger partial charge in [0, 0.05) is 5.69 Å². The van der Waals surface area contributed by atoms with Gasteiger partial charge in [0.15, 0.2) is 5.43 Å². The Kier molecular flexibility index (Phi) is 6.37. The number of amides is 1. The van der Waals surface area contributed by atoms with Crippen LogP contribution in [0.5, 0.6) is 11.5 Å². The lowest BCUT2D eigenvalue weighted by Gasteiger charge is -2.25. The van der Waals surface area contributed by atoms with Crippen LogP contribution in [0, 0.1) is 6.92 Å². The first-order valence-electron chi connectivity index (χ1n) is 12.9. The third kappa shape index (κ3) is 4.55. The van der Waals surface area contributed by atoms with Crippen LogP contribution >= 0.6 is 0 Å². The van der Waals surface area contributed by atoms with Crippen LogP contribution in [0.25, 0.3) is 11.0 Å². The van der Waals surface area contributed by atoms with Crippen LogP contribution in [0.15, 0.2) is 106 Å². The van der Waals surface area contributed by atoms with Crippen molar-refractivity contribution >= 4 is 22.6 Å². The van der Waals surface area contributed by atoms with Crippen molar-refractivity contribution in [3.05, 3.63) is 135 Å². The van der Waals surface area contributed by atoms with E-state index in [1.54, 1.807) is 11.0 Å². The molecule has 0 N–H and O–H groups in total. The van der Waals surface area contributed by atoms with Gasteiger partial charge >= 0.3 is 0 Å². The summed E-state index contributed by atoms with van der Waals surface area (Å²) in [6.07, 6.45) is 0. The van der Waals surface area contributed by atoms with Gasteiger partial charge in [0.05, 0.1) is 23.6 Å². The molecule has 4 aromatic carbocycles. The number of benzene rings is 4. The molecule has 0 saturated heterocycles. The molecule has 1 unspecified atom stereocenters. The highest BCUT2D eigenvalue weighted by molar-refractivity contribution is 6.10. The zero-order valence-corrected chi connectivity index (χ0v) is 21.7. The third-order valence-electron chi connectivity index (χ3n) is 6.90. The molecule has 0 fully saturated rings. The second-order valence-electron chi connectivity index (χ2n) is 9.52.